The fourth-order valence-electron chi connectivity index (χ4n) is 2.79. The Morgan fingerprint density at radius 3 is 2.73 bits per heavy atom. The Morgan fingerprint density at radius 1 is 1.23 bits per heavy atom. The van der Waals surface area contributed by atoms with Crippen LogP contribution in [0.15, 0.2) is 48.1 Å². The average Bonchev–Trinajstić information content (AvgIpc) is 3.22. The topological polar surface area (TPSA) is 55.3 Å². The molecular formula is C21H20F3N3O2S. The van der Waals surface area contributed by atoms with Gasteiger partial charge in [-0.1, -0.05) is 19.8 Å². The molecule has 0 radical (unpaired) electrons. The lowest BCUT2D eigenvalue weighted by atomic mass is 10.1. The van der Waals surface area contributed by atoms with Crippen molar-refractivity contribution < 1.29 is 22.7 Å². The molecule has 1 aromatic carbocycles. The number of carbonyl (C=O) groups excluding carboxylic acids is 1. The molecule has 158 valence electrons. The number of ether oxygens (including phenoxy) is 1. The molecule has 0 saturated heterocycles. The van der Waals surface area contributed by atoms with Gasteiger partial charge in [-0.25, -0.2) is 4.98 Å². The monoisotopic (exact) mass is 435 g/mol. The highest BCUT2D eigenvalue weighted by atomic mass is 32.1. The van der Waals surface area contributed by atoms with Crippen LogP contribution in [0.1, 0.15) is 31.7 Å². The highest BCUT2D eigenvalue weighted by Gasteiger charge is 2.35. The van der Waals surface area contributed by atoms with Gasteiger partial charge in [-0.3, -0.25) is 14.7 Å². The summed E-state index contributed by atoms with van der Waals surface area (Å²) in [5.74, 6) is -0.247. The molecule has 3 aromatic rings. The minimum Gasteiger partial charge on any atom is -0.493 e. The molecule has 30 heavy (non-hydrogen) atoms. The van der Waals surface area contributed by atoms with Gasteiger partial charge in [0, 0.05) is 23.3 Å². The summed E-state index contributed by atoms with van der Waals surface area (Å²) < 4.78 is 46.1. The van der Waals surface area contributed by atoms with Crippen LogP contribution in [0.2, 0.25) is 0 Å². The average molecular weight is 435 g/mol. The first kappa shape index (κ1) is 21.8. The Kier molecular flexibility index (Phi) is 7.04. The molecule has 2 heterocycles. The van der Waals surface area contributed by atoms with Crippen LogP contribution in [-0.2, 0) is 11.0 Å². The van der Waals surface area contributed by atoms with Gasteiger partial charge < -0.3 is 4.74 Å². The fraction of sp³-hybridized carbons (Fsp3) is 0.286. The number of halogens is 3. The van der Waals surface area contributed by atoms with Crippen LogP contribution in [-0.4, -0.2) is 23.0 Å². The van der Waals surface area contributed by atoms with E-state index in [4.69, 9.17) is 4.74 Å². The van der Waals surface area contributed by atoms with E-state index in [9.17, 15) is 18.0 Å². The second-order valence-corrected chi connectivity index (χ2v) is 7.30. The molecule has 0 fully saturated rings. The van der Waals surface area contributed by atoms with Crippen LogP contribution in [0.5, 0.6) is 5.75 Å². The van der Waals surface area contributed by atoms with Gasteiger partial charge in [-0.05, 0) is 36.8 Å². The molecule has 0 atom stereocenters. The molecule has 0 spiro atoms. The fourth-order valence-corrected chi connectivity index (χ4v) is 3.61. The number of rotatable bonds is 9. The summed E-state index contributed by atoms with van der Waals surface area (Å²) >= 11 is 1.15. The van der Waals surface area contributed by atoms with E-state index in [0.717, 1.165) is 40.7 Å². The van der Waals surface area contributed by atoms with Crippen LogP contribution in [0.25, 0.3) is 11.3 Å². The SMILES string of the molecule is CCCCCOc1ccc(N(C=O)c2nc(-c3cccnc3)cs2)cc1C(F)(F)F. The Labute approximate surface area is 176 Å². The van der Waals surface area contributed by atoms with Gasteiger partial charge in [0.25, 0.3) is 0 Å². The van der Waals surface area contributed by atoms with Gasteiger partial charge in [-0.2, -0.15) is 13.2 Å². The zero-order valence-electron chi connectivity index (χ0n) is 16.2. The summed E-state index contributed by atoms with van der Waals surface area (Å²) in [4.78, 5) is 21.2. The number of unbranched alkanes of at least 4 members (excludes halogenated alkanes) is 2. The van der Waals surface area contributed by atoms with Crippen molar-refractivity contribution in [2.45, 2.75) is 32.4 Å². The normalized spacial score (nSPS) is 11.3. The summed E-state index contributed by atoms with van der Waals surface area (Å²) in [6.07, 6.45) is 1.57. The van der Waals surface area contributed by atoms with E-state index < -0.39 is 11.7 Å². The number of hydrogen-bond donors (Lipinski definition) is 0. The van der Waals surface area contributed by atoms with Gasteiger partial charge in [-0.15, -0.1) is 11.3 Å². The van der Waals surface area contributed by atoms with E-state index in [1.165, 1.54) is 12.1 Å². The minimum atomic E-state index is -4.62. The molecule has 3 rings (SSSR count). The van der Waals surface area contributed by atoms with Crippen LogP contribution >= 0.6 is 11.3 Å². The number of thiazole rings is 1. The zero-order chi connectivity index (χ0) is 21.6. The van der Waals surface area contributed by atoms with Crippen LogP contribution in [0.4, 0.5) is 24.0 Å². The number of alkyl halides is 3. The molecule has 0 unspecified atom stereocenters. The third-order valence-electron chi connectivity index (χ3n) is 4.31. The maximum Gasteiger partial charge on any atom is 0.420 e. The lowest BCUT2D eigenvalue weighted by molar-refractivity contribution is -0.139. The predicted molar refractivity (Wildman–Crippen MR) is 110 cm³/mol. The highest BCUT2D eigenvalue weighted by Crippen LogP contribution is 2.40. The van der Waals surface area contributed by atoms with E-state index in [1.54, 1.807) is 23.8 Å². The van der Waals surface area contributed by atoms with E-state index in [1.807, 2.05) is 13.0 Å². The number of nitrogens with zero attached hydrogens (tertiary/aromatic N) is 3. The van der Waals surface area contributed by atoms with Crippen molar-refractivity contribution in [1.82, 2.24) is 9.97 Å². The summed E-state index contributed by atoms with van der Waals surface area (Å²) in [5.41, 5.74) is 0.470. The standard InChI is InChI=1S/C21H20F3N3O2S/c1-2-3-4-10-29-19-8-7-16(11-17(19)21(22,23)24)27(14-28)20-26-18(13-30-20)15-6-5-9-25-12-15/h5-9,11-14H,2-4,10H2,1H3. The van der Waals surface area contributed by atoms with Crippen molar-refractivity contribution in [2.75, 3.05) is 11.5 Å². The summed E-state index contributed by atoms with van der Waals surface area (Å²) in [6, 6.07) is 7.14. The molecule has 0 N–H and O–H groups in total. The van der Waals surface area contributed by atoms with Gasteiger partial charge in [0.05, 0.1) is 23.6 Å². The Balaban J connectivity index is 1.89. The van der Waals surface area contributed by atoms with Gasteiger partial charge in [0.2, 0.25) is 6.41 Å². The van der Waals surface area contributed by atoms with Crippen LogP contribution < -0.4 is 9.64 Å². The molecule has 0 saturated carbocycles. The third kappa shape index (κ3) is 5.15. The Morgan fingerprint density at radius 2 is 2.07 bits per heavy atom. The third-order valence-corrected chi connectivity index (χ3v) is 5.15. The van der Waals surface area contributed by atoms with Crippen molar-refractivity contribution in [1.29, 1.82) is 0 Å². The molecule has 0 aliphatic heterocycles. The number of benzene rings is 1. The summed E-state index contributed by atoms with van der Waals surface area (Å²) in [5, 5.41) is 1.98. The Bertz CT molecular complexity index is 977. The first-order chi connectivity index (χ1) is 14.4. The number of hydrogen-bond acceptors (Lipinski definition) is 5. The lowest BCUT2D eigenvalue weighted by Crippen LogP contribution is -2.16. The zero-order valence-corrected chi connectivity index (χ0v) is 17.0. The van der Waals surface area contributed by atoms with E-state index in [2.05, 4.69) is 9.97 Å². The number of aromatic nitrogens is 2. The van der Waals surface area contributed by atoms with Crippen LogP contribution in [0.3, 0.4) is 0 Å². The van der Waals surface area contributed by atoms with Gasteiger partial charge in [0.1, 0.15) is 5.75 Å². The van der Waals surface area contributed by atoms with Gasteiger partial charge >= 0.3 is 6.18 Å². The highest BCUT2D eigenvalue weighted by molar-refractivity contribution is 7.14. The first-order valence-electron chi connectivity index (χ1n) is 9.38. The number of pyridine rings is 1. The van der Waals surface area contributed by atoms with Gasteiger partial charge in [0.15, 0.2) is 5.13 Å². The maximum absolute atomic E-state index is 13.6. The molecule has 5 nitrogen and oxygen atoms in total. The largest absolute Gasteiger partial charge is 0.493 e. The number of amides is 1. The van der Waals surface area contributed by atoms with Crippen molar-refractivity contribution in [2.24, 2.45) is 0 Å². The molecule has 0 bridgehead atoms. The second-order valence-electron chi connectivity index (χ2n) is 6.47. The number of carbonyl (C=O) groups is 1. The predicted octanol–water partition coefficient (Wildman–Crippen LogP) is 6.09. The lowest BCUT2D eigenvalue weighted by Gasteiger charge is -2.19. The van der Waals surface area contributed by atoms with E-state index in [0.29, 0.717) is 18.5 Å². The second kappa shape index (κ2) is 9.71. The number of anilines is 2. The molecule has 0 aliphatic carbocycles. The quantitative estimate of drug-likeness (QED) is 0.302. The maximum atomic E-state index is 13.6. The van der Waals surface area contributed by atoms with Crippen molar-refractivity contribution in [3.05, 3.63) is 53.7 Å². The molecule has 1 amide bonds. The Hall–Kier alpha value is -2.94. The first-order valence-corrected chi connectivity index (χ1v) is 10.3. The minimum absolute atomic E-state index is 0.0605. The molecular weight excluding hydrogens is 415 g/mol. The van der Waals surface area contributed by atoms with E-state index in [-0.39, 0.29) is 23.2 Å². The van der Waals surface area contributed by atoms with Crippen LogP contribution in [0, 0.1) is 0 Å². The molecule has 2 aromatic heterocycles. The van der Waals surface area contributed by atoms with Crippen molar-refractivity contribution >= 4 is 28.6 Å². The smallest absolute Gasteiger partial charge is 0.420 e. The summed E-state index contributed by atoms with van der Waals surface area (Å²) in [7, 11) is 0. The molecule has 0 aliphatic rings. The van der Waals surface area contributed by atoms with Crippen molar-refractivity contribution in [3.8, 4) is 17.0 Å². The molecule has 9 heteroatoms. The van der Waals surface area contributed by atoms with E-state index >= 15 is 0 Å². The summed E-state index contributed by atoms with van der Waals surface area (Å²) in [6.45, 7) is 2.21. The van der Waals surface area contributed by atoms with Crippen molar-refractivity contribution in [3.63, 3.8) is 0 Å².